The smallest absolute Gasteiger partial charge is 0.261 e. The normalized spacial score (nSPS) is 11.3. The van der Waals surface area contributed by atoms with E-state index >= 15 is 0 Å². The number of nitrogens with one attached hydrogen (secondary N) is 1. The number of thiophene rings is 1. The van der Waals surface area contributed by atoms with Crippen LogP contribution < -0.4 is 5.32 Å². The topological polar surface area (TPSA) is 46.9 Å². The summed E-state index contributed by atoms with van der Waals surface area (Å²) < 4.78 is 16.7. The number of hydrogen-bond donors (Lipinski definition) is 1. The van der Waals surface area contributed by atoms with Crippen LogP contribution in [0, 0.1) is 12.7 Å². The second kappa shape index (κ2) is 6.88. The highest BCUT2D eigenvalue weighted by molar-refractivity contribution is 7.20. The molecule has 2 aromatic heterocycles. The Morgan fingerprint density at radius 3 is 2.92 bits per heavy atom. The zero-order valence-corrected chi connectivity index (χ0v) is 15.1. The minimum atomic E-state index is -0.291. The number of nitrogens with zero attached hydrogens (tertiary/aromatic N) is 2. The van der Waals surface area contributed by atoms with Gasteiger partial charge in [-0.1, -0.05) is 18.2 Å². The van der Waals surface area contributed by atoms with E-state index in [0.29, 0.717) is 16.8 Å². The summed E-state index contributed by atoms with van der Waals surface area (Å²) >= 11 is 1.31. The Kier molecular flexibility index (Phi) is 4.42. The number of aromatic nitrogens is 2. The molecule has 26 heavy (non-hydrogen) atoms. The number of halogens is 1. The fourth-order valence-electron chi connectivity index (χ4n) is 3.14. The highest BCUT2D eigenvalue weighted by Crippen LogP contribution is 2.27. The van der Waals surface area contributed by atoms with Gasteiger partial charge >= 0.3 is 0 Å². The van der Waals surface area contributed by atoms with E-state index in [4.69, 9.17) is 0 Å². The molecule has 4 nitrogen and oxygen atoms in total. The van der Waals surface area contributed by atoms with Crippen LogP contribution in [0.3, 0.4) is 0 Å². The first-order chi connectivity index (χ1) is 12.6. The second-order valence-electron chi connectivity index (χ2n) is 6.17. The molecule has 0 fully saturated rings. The number of benzene rings is 2. The summed E-state index contributed by atoms with van der Waals surface area (Å²) in [4.78, 5) is 17.4. The molecule has 2 aromatic carbocycles. The van der Waals surface area contributed by atoms with Gasteiger partial charge in [-0.2, -0.15) is 0 Å². The van der Waals surface area contributed by atoms with E-state index in [1.54, 1.807) is 12.1 Å². The van der Waals surface area contributed by atoms with Gasteiger partial charge in [0.05, 0.1) is 15.9 Å². The van der Waals surface area contributed by atoms with Crippen LogP contribution in [0.25, 0.3) is 21.1 Å². The number of amides is 1. The minimum Gasteiger partial charge on any atom is -0.351 e. The fourth-order valence-corrected chi connectivity index (χ4v) is 4.13. The van der Waals surface area contributed by atoms with Crippen LogP contribution in [0.4, 0.5) is 4.39 Å². The number of carbonyl (C=O) groups is 1. The highest BCUT2D eigenvalue weighted by Gasteiger charge is 2.12. The zero-order valence-electron chi connectivity index (χ0n) is 14.3. The van der Waals surface area contributed by atoms with Gasteiger partial charge in [-0.05, 0) is 43.7 Å². The van der Waals surface area contributed by atoms with Crippen LogP contribution in [0.15, 0.2) is 48.5 Å². The van der Waals surface area contributed by atoms with E-state index in [-0.39, 0.29) is 11.7 Å². The Morgan fingerprint density at radius 1 is 1.23 bits per heavy atom. The van der Waals surface area contributed by atoms with Gasteiger partial charge < -0.3 is 9.88 Å². The van der Waals surface area contributed by atoms with Crippen LogP contribution in [0.5, 0.6) is 0 Å². The molecule has 0 unspecified atom stereocenters. The number of imidazole rings is 1. The van der Waals surface area contributed by atoms with E-state index in [2.05, 4.69) is 20.9 Å². The Bertz CT molecular complexity index is 1100. The molecule has 0 aliphatic heterocycles. The average Bonchev–Trinajstić information content (AvgIpc) is 3.20. The fraction of sp³-hybridized carbons (Fsp3) is 0.200. The average molecular weight is 367 g/mol. The van der Waals surface area contributed by atoms with Gasteiger partial charge in [0.25, 0.3) is 5.91 Å². The lowest BCUT2D eigenvalue weighted by molar-refractivity contribution is 0.0957. The van der Waals surface area contributed by atoms with Crippen LogP contribution in [0.1, 0.15) is 21.9 Å². The molecular formula is C20H18FN3OS. The number of para-hydroxylation sites is 2. The van der Waals surface area contributed by atoms with Gasteiger partial charge in [-0.3, -0.25) is 4.79 Å². The summed E-state index contributed by atoms with van der Waals surface area (Å²) in [5, 5.41) is 3.43. The van der Waals surface area contributed by atoms with E-state index in [0.717, 1.165) is 34.5 Å². The first-order valence-electron chi connectivity index (χ1n) is 8.51. The van der Waals surface area contributed by atoms with E-state index in [9.17, 15) is 9.18 Å². The van der Waals surface area contributed by atoms with Gasteiger partial charge in [0, 0.05) is 23.2 Å². The third-order valence-corrected chi connectivity index (χ3v) is 5.52. The first kappa shape index (κ1) is 16.7. The zero-order chi connectivity index (χ0) is 18.1. The Balaban J connectivity index is 1.38. The summed E-state index contributed by atoms with van der Waals surface area (Å²) in [6.45, 7) is 3.33. The Hall–Kier alpha value is -2.73. The van der Waals surface area contributed by atoms with Gasteiger partial charge in [-0.15, -0.1) is 11.3 Å². The van der Waals surface area contributed by atoms with E-state index in [1.165, 1.54) is 17.4 Å². The largest absolute Gasteiger partial charge is 0.351 e. The second-order valence-corrected chi connectivity index (χ2v) is 7.25. The van der Waals surface area contributed by atoms with Crippen molar-refractivity contribution in [2.75, 3.05) is 6.54 Å². The minimum absolute atomic E-state index is 0.155. The molecule has 2 heterocycles. The molecule has 0 saturated heterocycles. The lowest BCUT2D eigenvalue weighted by Crippen LogP contribution is -2.24. The molecule has 4 rings (SSSR count). The van der Waals surface area contributed by atoms with Crippen molar-refractivity contribution in [2.45, 2.75) is 19.9 Å². The Morgan fingerprint density at radius 2 is 2.08 bits per heavy atom. The predicted molar refractivity (Wildman–Crippen MR) is 103 cm³/mol. The summed E-state index contributed by atoms with van der Waals surface area (Å²) in [5.41, 5.74) is 2.10. The van der Waals surface area contributed by atoms with Gasteiger partial charge in [0.2, 0.25) is 0 Å². The number of hydrogen-bond acceptors (Lipinski definition) is 3. The summed E-state index contributed by atoms with van der Waals surface area (Å²) in [5.74, 6) is 0.524. The molecule has 1 N–H and O–H groups in total. The van der Waals surface area contributed by atoms with Crippen molar-refractivity contribution in [3.05, 3.63) is 65.0 Å². The lowest BCUT2D eigenvalue weighted by Gasteiger charge is -2.07. The SMILES string of the molecule is Cc1nc2ccccc2n1CCCNC(=O)c1cc2c(F)cccc2s1. The Labute approximate surface area is 154 Å². The molecule has 0 bridgehead atoms. The van der Waals surface area contributed by atoms with Crippen molar-refractivity contribution in [3.63, 3.8) is 0 Å². The molecule has 132 valence electrons. The van der Waals surface area contributed by atoms with Crippen molar-refractivity contribution in [2.24, 2.45) is 0 Å². The highest BCUT2D eigenvalue weighted by atomic mass is 32.1. The molecular weight excluding hydrogens is 349 g/mol. The van der Waals surface area contributed by atoms with E-state index < -0.39 is 0 Å². The number of rotatable bonds is 5. The summed E-state index contributed by atoms with van der Waals surface area (Å²) in [6, 6.07) is 14.6. The molecule has 0 atom stereocenters. The van der Waals surface area contributed by atoms with Crippen molar-refractivity contribution < 1.29 is 9.18 Å². The molecule has 0 radical (unpaired) electrons. The maximum absolute atomic E-state index is 13.8. The van der Waals surface area contributed by atoms with E-state index in [1.807, 2.05) is 31.2 Å². The molecule has 0 aliphatic carbocycles. The molecule has 1 amide bonds. The first-order valence-corrected chi connectivity index (χ1v) is 9.33. The quantitative estimate of drug-likeness (QED) is 0.527. The predicted octanol–water partition coefficient (Wildman–Crippen LogP) is 4.52. The van der Waals surface area contributed by atoms with Crippen LogP contribution >= 0.6 is 11.3 Å². The number of fused-ring (bicyclic) bond motifs is 2. The standard InChI is InChI=1S/C20H18FN3OS/c1-13-23-16-7-2-3-8-17(16)24(13)11-5-10-22-20(25)19-12-14-15(21)6-4-9-18(14)26-19/h2-4,6-9,12H,5,10-11H2,1H3,(H,22,25). The molecule has 0 saturated carbocycles. The van der Waals surface area contributed by atoms with Crippen molar-refractivity contribution in [1.82, 2.24) is 14.9 Å². The number of aryl methyl sites for hydroxylation is 2. The van der Waals surface area contributed by atoms with Crippen LogP contribution in [-0.2, 0) is 6.54 Å². The third-order valence-electron chi connectivity index (χ3n) is 4.42. The van der Waals surface area contributed by atoms with Crippen molar-refractivity contribution in [1.29, 1.82) is 0 Å². The maximum Gasteiger partial charge on any atom is 0.261 e. The maximum atomic E-state index is 13.8. The number of carbonyl (C=O) groups excluding carboxylic acids is 1. The molecule has 4 aromatic rings. The molecule has 0 spiro atoms. The van der Waals surface area contributed by atoms with Gasteiger partial charge in [0.15, 0.2) is 0 Å². The van der Waals surface area contributed by atoms with Crippen molar-refractivity contribution in [3.8, 4) is 0 Å². The van der Waals surface area contributed by atoms with Gasteiger partial charge in [-0.25, -0.2) is 9.37 Å². The lowest BCUT2D eigenvalue weighted by atomic mass is 10.2. The molecule has 0 aliphatic rings. The third kappa shape index (κ3) is 3.08. The van der Waals surface area contributed by atoms with Crippen LogP contribution in [-0.4, -0.2) is 22.0 Å². The summed E-state index contributed by atoms with van der Waals surface area (Å²) in [6.07, 6.45) is 0.798. The van der Waals surface area contributed by atoms with Crippen LogP contribution in [0.2, 0.25) is 0 Å². The van der Waals surface area contributed by atoms with Gasteiger partial charge in [0.1, 0.15) is 11.6 Å². The van der Waals surface area contributed by atoms with Crippen molar-refractivity contribution >= 4 is 38.4 Å². The summed E-state index contributed by atoms with van der Waals surface area (Å²) in [7, 11) is 0. The monoisotopic (exact) mass is 367 g/mol. The molecule has 6 heteroatoms.